The van der Waals surface area contributed by atoms with Gasteiger partial charge >= 0.3 is 5.97 Å². The van der Waals surface area contributed by atoms with Crippen LogP contribution in [-0.2, 0) is 12.8 Å². The van der Waals surface area contributed by atoms with E-state index >= 15 is 0 Å². The molecule has 1 heterocycles. The van der Waals surface area contributed by atoms with Crippen molar-refractivity contribution in [2.75, 3.05) is 0 Å². The van der Waals surface area contributed by atoms with E-state index in [9.17, 15) is 10.1 Å². The van der Waals surface area contributed by atoms with Gasteiger partial charge in [0.1, 0.15) is 11.1 Å². The first-order chi connectivity index (χ1) is 10.2. The highest BCUT2D eigenvalue weighted by Crippen LogP contribution is 2.32. The molecule has 3 rings (SSSR count). The van der Waals surface area contributed by atoms with Crippen LogP contribution in [0.4, 0.5) is 0 Å². The van der Waals surface area contributed by atoms with Crippen LogP contribution < -0.4 is 0 Å². The molecule has 0 aliphatic heterocycles. The van der Waals surface area contributed by atoms with Crippen LogP contribution in [0.2, 0.25) is 0 Å². The number of nitriles is 1. The summed E-state index contributed by atoms with van der Waals surface area (Å²) in [6.45, 7) is 0. The van der Waals surface area contributed by atoms with E-state index in [2.05, 4.69) is 11.1 Å². The van der Waals surface area contributed by atoms with Gasteiger partial charge in [-0.05, 0) is 55.2 Å². The molecule has 2 aromatic rings. The smallest absolute Gasteiger partial charge is 0.335 e. The maximum atomic E-state index is 10.8. The van der Waals surface area contributed by atoms with Crippen LogP contribution in [0.1, 0.15) is 33.6 Å². The van der Waals surface area contributed by atoms with Crippen LogP contribution in [0.15, 0.2) is 40.3 Å². The summed E-state index contributed by atoms with van der Waals surface area (Å²) in [5, 5.41) is 18.9. The van der Waals surface area contributed by atoms with Gasteiger partial charge in [0.05, 0.1) is 11.1 Å². The SMILES string of the molecule is N#Cc1cc2c(nc1Sc1ccc(C(=O)O)cc1)CCC2. The number of carbonyl (C=O) groups is 1. The van der Waals surface area contributed by atoms with Gasteiger partial charge in [-0.2, -0.15) is 5.26 Å². The summed E-state index contributed by atoms with van der Waals surface area (Å²) in [4.78, 5) is 16.3. The molecule has 1 aliphatic carbocycles. The average molecular weight is 296 g/mol. The molecule has 0 unspecified atom stereocenters. The number of carboxylic acids is 1. The summed E-state index contributed by atoms with van der Waals surface area (Å²) >= 11 is 1.40. The number of nitrogens with zero attached hydrogens (tertiary/aromatic N) is 2. The minimum atomic E-state index is -0.945. The Bertz CT molecular complexity index is 748. The van der Waals surface area contributed by atoms with Gasteiger partial charge < -0.3 is 5.11 Å². The van der Waals surface area contributed by atoms with Gasteiger partial charge in [-0.1, -0.05) is 11.8 Å². The van der Waals surface area contributed by atoms with E-state index in [0.717, 1.165) is 29.9 Å². The lowest BCUT2D eigenvalue weighted by atomic mass is 10.2. The van der Waals surface area contributed by atoms with Gasteiger partial charge in [-0.15, -0.1) is 0 Å². The average Bonchev–Trinajstić information content (AvgIpc) is 2.94. The summed E-state index contributed by atoms with van der Waals surface area (Å²) in [5.74, 6) is -0.945. The standard InChI is InChI=1S/C16H12N2O2S/c17-9-12-8-11-2-1-3-14(11)18-15(12)21-13-6-4-10(5-7-13)16(19)20/h4-8H,1-3H2,(H,19,20). The zero-order chi connectivity index (χ0) is 14.8. The molecule has 1 aromatic heterocycles. The molecular formula is C16H12N2O2S. The van der Waals surface area contributed by atoms with Crippen LogP contribution in [0.3, 0.4) is 0 Å². The largest absolute Gasteiger partial charge is 0.478 e. The fourth-order valence-corrected chi connectivity index (χ4v) is 3.25. The van der Waals surface area contributed by atoms with E-state index < -0.39 is 5.97 Å². The number of aromatic nitrogens is 1. The van der Waals surface area contributed by atoms with Crippen LogP contribution in [-0.4, -0.2) is 16.1 Å². The number of pyridine rings is 1. The molecule has 1 N–H and O–H groups in total. The first kappa shape index (κ1) is 13.7. The number of hydrogen-bond donors (Lipinski definition) is 1. The van der Waals surface area contributed by atoms with E-state index in [0.29, 0.717) is 10.6 Å². The number of aromatic carboxylic acids is 1. The summed E-state index contributed by atoms with van der Waals surface area (Å²) < 4.78 is 0. The second kappa shape index (κ2) is 5.58. The second-order valence-corrected chi connectivity index (χ2v) is 5.91. The Morgan fingerprint density at radius 3 is 2.71 bits per heavy atom. The summed E-state index contributed by atoms with van der Waals surface area (Å²) in [7, 11) is 0. The Morgan fingerprint density at radius 1 is 1.29 bits per heavy atom. The number of fused-ring (bicyclic) bond motifs is 1. The molecule has 1 aliphatic rings. The third-order valence-electron chi connectivity index (χ3n) is 3.45. The van der Waals surface area contributed by atoms with Crippen LogP contribution in [0, 0.1) is 11.3 Å². The number of aryl methyl sites for hydroxylation is 2. The second-order valence-electron chi connectivity index (χ2n) is 4.84. The Balaban J connectivity index is 1.91. The Morgan fingerprint density at radius 2 is 2.05 bits per heavy atom. The number of rotatable bonds is 3. The quantitative estimate of drug-likeness (QED) is 0.940. The van der Waals surface area contributed by atoms with Crippen LogP contribution in [0.5, 0.6) is 0 Å². The van der Waals surface area contributed by atoms with Crippen molar-refractivity contribution in [2.24, 2.45) is 0 Å². The molecule has 0 amide bonds. The van der Waals surface area contributed by atoms with Crippen molar-refractivity contribution in [3.63, 3.8) is 0 Å². The molecule has 1 aromatic carbocycles. The van der Waals surface area contributed by atoms with E-state index in [4.69, 9.17) is 5.11 Å². The van der Waals surface area contributed by atoms with Crippen molar-refractivity contribution < 1.29 is 9.90 Å². The maximum absolute atomic E-state index is 10.8. The zero-order valence-electron chi connectivity index (χ0n) is 11.2. The Hall–Kier alpha value is -2.32. The molecule has 104 valence electrons. The highest BCUT2D eigenvalue weighted by molar-refractivity contribution is 7.99. The van der Waals surface area contributed by atoms with Crippen molar-refractivity contribution in [2.45, 2.75) is 29.2 Å². The lowest BCUT2D eigenvalue weighted by Gasteiger charge is -2.07. The molecule has 5 heteroatoms. The highest BCUT2D eigenvalue weighted by atomic mass is 32.2. The van der Waals surface area contributed by atoms with E-state index in [1.807, 2.05) is 6.07 Å². The number of carboxylic acid groups (broad SMARTS) is 1. The van der Waals surface area contributed by atoms with Crippen molar-refractivity contribution in [3.05, 3.63) is 52.7 Å². The molecule has 21 heavy (non-hydrogen) atoms. The highest BCUT2D eigenvalue weighted by Gasteiger charge is 2.17. The first-order valence-electron chi connectivity index (χ1n) is 6.61. The normalized spacial score (nSPS) is 12.7. The van der Waals surface area contributed by atoms with Crippen molar-refractivity contribution in [1.82, 2.24) is 4.98 Å². The first-order valence-corrected chi connectivity index (χ1v) is 7.43. The number of hydrogen-bond acceptors (Lipinski definition) is 4. The van der Waals surface area contributed by atoms with Gasteiger partial charge in [-0.25, -0.2) is 9.78 Å². The lowest BCUT2D eigenvalue weighted by Crippen LogP contribution is -1.96. The molecular weight excluding hydrogens is 284 g/mol. The fourth-order valence-electron chi connectivity index (χ4n) is 2.39. The molecule has 0 atom stereocenters. The Kier molecular flexibility index (Phi) is 3.63. The van der Waals surface area contributed by atoms with Crippen LogP contribution in [0.25, 0.3) is 0 Å². The third kappa shape index (κ3) is 2.76. The topological polar surface area (TPSA) is 74.0 Å². The predicted octanol–water partition coefficient (Wildman–Crippen LogP) is 3.29. The maximum Gasteiger partial charge on any atom is 0.335 e. The van der Waals surface area contributed by atoms with Crippen molar-refractivity contribution >= 4 is 17.7 Å². The number of benzene rings is 1. The van der Waals surface area contributed by atoms with Gasteiger partial charge in [0.2, 0.25) is 0 Å². The van der Waals surface area contributed by atoms with Gasteiger partial charge in [0.25, 0.3) is 0 Å². The molecule has 0 saturated heterocycles. The molecule has 0 spiro atoms. The molecule has 4 nitrogen and oxygen atoms in total. The fraction of sp³-hybridized carbons (Fsp3) is 0.188. The molecule has 0 radical (unpaired) electrons. The predicted molar refractivity (Wildman–Crippen MR) is 78.5 cm³/mol. The van der Waals surface area contributed by atoms with E-state index in [1.54, 1.807) is 24.3 Å². The summed E-state index contributed by atoms with van der Waals surface area (Å²) in [6.07, 6.45) is 3.05. The minimum Gasteiger partial charge on any atom is -0.478 e. The summed E-state index contributed by atoms with van der Waals surface area (Å²) in [5.41, 5.74) is 3.10. The minimum absolute atomic E-state index is 0.252. The van der Waals surface area contributed by atoms with E-state index in [1.165, 1.54) is 17.3 Å². The monoisotopic (exact) mass is 296 g/mol. The molecule has 0 fully saturated rings. The zero-order valence-corrected chi connectivity index (χ0v) is 12.0. The van der Waals surface area contributed by atoms with E-state index in [-0.39, 0.29) is 5.56 Å². The molecule has 0 saturated carbocycles. The van der Waals surface area contributed by atoms with Gasteiger partial charge in [0.15, 0.2) is 0 Å². The van der Waals surface area contributed by atoms with Crippen molar-refractivity contribution in [1.29, 1.82) is 5.26 Å². The Labute approximate surface area is 126 Å². The molecule has 0 bridgehead atoms. The van der Waals surface area contributed by atoms with Gasteiger partial charge in [0, 0.05) is 10.6 Å². The lowest BCUT2D eigenvalue weighted by molar-refractivity contribution is 0.0697. The third-order valence-corrected chi connectivity index (χ3v) is 4.46. The van der Waals surface area contributed by atoms with Gasteiger partial charge in [-0.3, -0.25) is 0 Å². The van der Waals surface area contributed by atoms with Crippen molar-refractivity contribution in [3.8, 4) is 6.07 Å². The van der Waals surface area contributed by atoms with Crippen LogP contribution >= 0.6 is 11.8 Å². The summed E-state index contributed by atoms with van der Waals surface area (Å²) in [6, 6.07) is 10.7.